The highest BCUT2D eigenvalue weighted by Crippen LogP contribution is 2.44. The van der Waals surface area contributed by atoms with Crippen molar-refractivity contribution in [3.05, 3.63) is 0 Å². The third-order valence-corrected chi connectivity index (χ3v) is 2.30. The van der Waals surface area contributed by atoms with Gasteiger partial charge in [-0.05, 0) is 20.8 Å². The zero-order chi connectivity index (χ0) is 8.20. The van der Waals surface area contributed by atoms with Crippen LogP contribution >= 0.6 is 7.60 Å². The number of hydrogen-bond acceptors (Lipinski definition) is 3. The van der Waals surface area contributed by atoms with E-state index in [1.54, 1.807) is 6.92 Å². The van der Waals surface area contributed by atoms with Crippen molar-refractivity contribution in [3.8, 4) is 0 Å². The van der Waals surface area contributed by atoms with Crippen LogP contribution in [0.15, 0.2) is 0 Å². The van der Waals surface area contributed by atoms with Crippen LogP contribution in [0.2, 0.25) is 0 Å². The van der Waals surface area contributed by atoms with E-state index in [-0.39, 0.29) is 6.10 Å². The zero-order valence-electron chi connectivity index (χ0n) is 6.96. The van der Waals surface area contributed by atoms with Crippen LogP contribution in [0.5, 0.6) is 0 Å². The lowest BCUT2D eigenvalue weighted by Crippen LogP contribution is -2.01. The van der Waals surface area contributed by atoms with Crippen molar-refractivity contribution in [3.63, 3.8) is 0 Å². The molecule has 0 aliphatic carbocycles. The first-order valence-electron chi connectivity index (χ1n) is 3.38. The lowest BCUT2D eigenvalue weighted by molar-refractivity contribution is 0.177. The highest BCUT2D eigenvalue weighted by atomic mass is 31.2. The Morgan fingerprint density at radius 2 is 2.00 bits per heavy atom. The SMILES string of the molecule is CCOP(C)(=O)OC(C)C. The van der Waals surface area contributed by atoms with Crippen molar-refractivity contribution >= 4 is 7.60 Å². The summed E-state index contributed by atoms with van der Waals surface area (Å²) in [7, 11) is -2.75. The summed E-state index contributed by atoms with van der Waals surface area (Å²) in [6.07, 6.45) is -0.0395. The zero-order valence-corrected chi connectivity index (χ0v) is 7.85. The second kappa shape index (κ2) is 4.12. The minimum Gasteiger partial charge on any atom is -0.309 e. The van der Waals surface area contributed by atoms with Crippen LogP contribution in [-0.2, 0) is 13.6 Å². The van der Waals surface area contributed by atoms with Crippen LogP contribution < -0.4 is 0 Å². The van der Waals surface area contributed by atoms with Gasteiger partial charge in [0.25, 0.3) is 0 Å². The summed E-state index contributed by atoms with van der Waals surface area (Å²) in [6.45, 7) is 7.36. The van der Waals surface area contributed by atoms with E-state index in [1.165, 1.54) is 6.66 Å². The fraction of sp³-hybridized carbons (Fsp3) is 1.00. The predicted octanol–water partition coefficient (Wildman–Crippen LogP) is 2.27. The average Bonchev–Trinajstić information content (AvgIpc) is 1.59. The molecule has 0 rings (SSSR count). The van der Waals surface area contributed by atoms with E-state index in [2.05, 4.69) is 0 Å². The molecular formula is C6H15O3P. The Morgan fingerprint density at radius 1 is 1.50 bits per heavy atom. The first-order chi connectivity index (χ1) is 4.48. The third kappa shape index (κ3) is 4.98. The first-order valence-corrected chi connectivity index (χ1v) is 5.37. The first kappa shape index (κ1) is 10.2. The minimum atomic E-state index is -2.75. The van der Waals surface area contributed by atoms with Gasteiger partial charge in [0.05, 0.1) is 12.7 Å². The fourth-order valence-corrected chi connectivity index (χ4v) is 1.94. The molecule has 4 heteroatoms. The van der Waals surface area contributed by atoms with E-state index in [1.807, 2.05) is 13.8 Å². The molecule has 0 spiro atoms. The van der Waals surface area contributed by atoms with Gasteiger partial charge >= 0.3 is 7.60 Å². The highest BCUT2D eigenvalue weighted by molar-refractivity contribution is 7.52. The molecule has 1 atom stereocenters. The summed E-state index contributed by atoms with van der Waals surface area (Å²) in [5.74, 6) is 0. The number of hydrogen-bond donors (Lipinski definition) is 0. The summed E-state index contributed by atoms with van der Waals surface area (Å²) in [5, 5.41) is 0. The Hall–Kier alpha value is 0.150. The van der Waals surface area contributed by atoms with Gasteiger partial charge in [0.2, 0.25) is 0 Å². The van der Waals surface area contributed by atoms with E-state index < -0.39 is 7.60 Å². The van der Waals surface area contributed by atoms with Gasteiger partial charge in [-0.2, -0.15) is 0 Å². The number of rotatable bonds is 4. The quantitative estimate of drug-likeness (QED) is 0.601. The van der Waals surface area contributed by atoms with E-state index in [0.717, 1.165) is 0 Å². The second-order valence-corrected chi connectivity index (χ2v) is 4.35. The van der Waals surface area contributed by atoms with E-state index in [9.17, 15) is 4.57 Å². The molecule has 10 heavy (non-hydrogen) atoms. The van der Waals surface area contributed by atoms with E-state index in [0.29, 0.717) is 6.61 Å². The Balaban J connectivity index is 3.75. The molecule has 0 heterocycles. The van der Waals surface area contributed by atoms with Crippen molar-refractivity contribution in [1.29, 1.82) is 0 Å². The van der Waals surface area contributed by atoms with E-state index >= 15 is 0 Å². The van der Waals surface area contributed by atoms with Gasteiger partial charge in [0.15, 0.2) is 0 Å². The van der Waals surface area contributed by atoms with Gasteiger partial charge in [-0.15, -0.1) is 0 Å². The lowest BCUT2D eigenvalue weighted by atomic mass is 10.5. The summed E-state index contributed by atoms with van der Waals surface area (Å²) in [5.41, 5.74) is 0. The molecular weight excluding hydrogens is 151 g/mol. The van der Waals surface area contributed by atoms with Crippen molar-refractivity contribution in [2.45, 2.75) is 26.9 Å². The standard InChI is InChI=1S/C6H15O3P/c1-5-8-10(4,7)9-6(2)3/h6H,5H2,1-4H3. The largest absolute Gasteiger partial charge is 0.327 e. The molecule has 0 aromatic heterocycles. The molecule has 3 nitrogen and oxygen atoms in total. The Morgan fingerprint density at radius 3 is 2.30 bits per heavy atom. The van der Waals surface area contributed by atoms with Gasteiger partial charge < -0.3 is 9.05 Å². The molecule has 0 fully saturated rings. The monoisotopic (exact) mass is 166 g/mol. The van der Waals surface area contributed by atoms with Crippen LogP contribution in [-0.4, -0.2) is 19.4 Å². The molecule has 0 aliphatic heterocycles. The molecule has 0 saturated heterocycles. The van der Waals surface area contributed by atoms with Crippen molar-refractivity contribution in [1.82, 2.24) is 0 Å². The molecule has 0 radical (unpaired) electrons. The lowest BCUT2D eigenvalue weighted by Gasteiger charge is -2.14. The molecule has 0 saturated carbocycles. The maximum atomic E-state index is 11.2. The maximum Gasteiger partial charge on any atom is 0.327 e. The van der Waals surface area contributed by atoms with Crippen LogP contribution in [0, 0.1) is 0 Å². The van der Waals surface area contributed by atoms with Gasteiger partial charge in [-0.1, -0.05) is 0 Å². The fourth-order valence-electron chi connectivity index (χ4n) is 0.648. The van der Waals surface area contributed by atoms with Crippen LogP contribution in [0.3, 0.4) is 0 Å². The van der Waals surface area contributed by atoms with E-state index in [4.69, 9.17) is 9.05 Å². The van der Waals surface area contributed by atoms with Gasteiger partial charge in [-0.25, -0.2) is 0 Å². The molecule has 0 aliphatic rings. The average molecular weight is 166 g/mol. The van der Waals surface area contributed by atoms with Gasteiger partial charge in [0.1, 0.15) is 0 Å². The van der Waals surface area contributed by atoms with Gasteiger partial charge in [-0.3, -0.25) is 4.57 Å². The molecule has 0 aromatic carbocycles. The summed E-state index contributed by atoms with van der Waals surface area (Å²) in [6, 6.07) is 0. The van der Waals surface area contributed by atoms with Crippen LogP contribution in [0.1, 0.15) is 20.8 Å². The smallest absolute Gasteiger partial charge is 0.309 e. The molecule has 0 amide bonds. The van der Waals surface area contributed by atoms with Crippen LogP contribution in [0.25, 0.3) is 0 Å². The highest BCUT2D eigenvalue weighted by Gasteiger charge is 2.16. The normalized spacial score (nSPS) is 17.3. The minimum absolute atomic E-state index is 0.0395. The second-order valence-electron chi connectivity index (χ2n) is 2.34. The molecule has 62 valence electrons. The molecule has 0 bridgehead atoms. The molecule has 1 unspecified atom stereocenters. The maximum absolute atomic E-state index is 11.2. The predicted molar refractivity (Wildman–Crippen MR) is 41.4 cm³/mol. The Labute approximate surface area is 62.3 Å². The Bertz CT molecular complexity index is 133. The Kier molecular flexibility index (Phi) is 4.18. The van der Waals surface area contributed by atoms with Crippen molar-refractivity contribution in [2.24, 2.45) is 0 Å². The summed E-state index contributed by atoms with van der Waals surface area (Å²) >= 11 is 0. The molecule has 0 aromatic rings. The molecule has 0 N–H and O–H groups in total. The third-order valence-electron chi connectivity index (χ3n) is 0.766. The van der Waals surface area contributed by atoms with Gasteiger partial charge in [0, 0.05) is 6.66 Å². The summed E-state index contributed by atoms with van der Waals surface area (Å²) < 4.78 is 21.1. The van der Waals surface area contributed by atoms with Crippen LogP contribution in [0.4, 0.5) is 0 Å². The topological polar surface area (TPSA) is 35.5 Å². The van der Waals surface area contributed by atoms with Crippen molar-refractivity contribution in [2.75, 3.05) is 13.3 Å². The summed E-state index contributed by atoms with van der Waals surface area (Å²) in [4.78, 5) is 0. The van der Waals surface area contributed by atoms with Crippen molar-refractivity contribution < 1.29 is 13.6 Å².